The fourth-order valence-electron chi connectivity index (χ4n) is 6.22. The molecule has 0 radical (unpaired) electrons. The van der Waals surface area contributed by atoms with Crippen LogP contribution in [0.4, 0.5) is 5.82 Å². The van der Waals surface area contributed by atoms with E-state index >= 15 is 0 Å². The van der Waals surface area contributed by atoms with Crippen LogP contribution in [0.3, 0.4) is 0 Å². The van der Waals surface area contributed by atoms with E-state index in [1.165, 1.54) is 31.4 Å². The summed E-state index contributed by atoms with van der Waals surface area (Å²) in [5, 5.41) is 7.01. The van der Waals surface area contributed by atoms with Gasteiger partial charge < -0.3 is 29.7 Å². The van der Waals surface area contributed by atoms with Crippen LogP contribution >= 0.6 is 23.3 Å². The number of sulfonamides is 1. The zero-order valence-electron chi connectivity index (χ0n) is 27.8. The molecule has 1 aromatic carbocycles. The van der Waals surface area contributed by atoms with Crippen LogP contribution < -0.4 is 29.6 Å². The number of benzene rings is 1. The van der Waals surface area contributed by atoms with Crippen LogP contribution in [0.2, 0.25) is 5.02 Å². The lowest BCUT2D eigenvalue weighted by atomic mass is 10.0. The summed E-state index contributed by atoms with van der Waals surface area (Å²) < 4.78 is 52.9. The van der Waals surface area contributed by atoms with E-state index in [0.717, 1.165) is 11.7 Å². The molecule has 3 heterocycles. The summed E-state index contributed by atoms with van der Waals surface area (Å²) in [6.45, 7) is 7.45. The molecule has 3 amide bonds. The molecule has 3 fully saturated rings. The van der Waals surface area contributed by atoms with Crippen molar-refractivity contribution in [3.05, 3.63) is 42.1 Å². The first-order valence-electron chi connectivity index (χ1n) is 16.0. The standard InChI is InChI=1S/C32H38ClN7O8S2/c1-6-17-13-32(17,31(43)39-50(44,45)20-8-9-20)36-27(41)23-12-19(48-28-22-11-18(33)7-10-21(22)24(46-4)14-34-28)15-40(23)30(42)25(16(2)3)35-26-29(47-5)38-49-37-26/h6-7,10-11,14,16-17,19-20,23,25H,1,8-9,12-13,15H2,2-5H3,(H,35,37)(H,36,41)(H,39,43)/t17-,19-,23+,25?,32-/m1/s1. The topological polar surface area (TPSA) is 191 Å². The van der Waals surface area contributed by atoms with Crippen molar-refractivity contribution in [1.82, 2.24) is 28.7 Å². The van der Waals surface area contributed by atoms with Crippen LogP contribution in [0, 0.1) is 11.8 Å². The van der Waals surface area contributed by atoms with Crippen molar-refractivity contribution in [3.8, 4) is 17.5 Å². The Hall–Kier alpha value is -4.22. The Morgan fingerprint density at radius 2 is 1.90 bits per heavy atom. The monoisotopic (exact) mass is 747 g/mol. The number of carbonyl (C=O) groups is 3. The van der Waals surface area contributed by atoms with Crippen LogP contribution in [0.25, 0.3) is 10.8 Å². The number of carbonyl (C=O) groups excluding carboxylic acids is 3. The van der Waals surface area contributed by atoms with Crippen LogP contribution in [0.5, 0.6) is 17.5 Å². The molecule has 3 N–H and O–H groups in total. The molecule has 2 saturated carbocycles. The van der Waals surface area contributed by atoms with Crippen molar-refractivity contribution in [2.75, 3.05) is 26.1 Å². The van der Waals surface area contributed by atoms with Gasteiger partial charge in [0.15, 0.2) is 0 Å². The molecule has 18 heteroatoms. The van der Waals surface area contributed by atoms with Crippen molar-refractivity contribution >= 4 is 67.7 Å². The van der Waals surface area contributed by atoms with Gasteiger partial charge in [0, 0.05) is 28.1 Å². The summed E-state index contributed by atoms with van der Waals surface area (Å²) in [6, 6.07) is 3.23. The summed E-state index contributed by atoms with van der Waals surface area (Å²) in [4.78, 5) is 47.9. The molecule has 50 heavy (non-hydrogen) atoms. The first-order chi connectivity index (χ1) is 23.8. The van der Waals surface area contributed by atoms with Crippen molar-refractivity contribution in [2.24, 2.45) is 11.8 Å². The molecule has 0 spiro atoms. The van der Waals surface area contributed by atoms with Gasteiger partial charge in [0.2, 0.25) is 33.5 Å². The Bertz CT molecular complexity index is 1940. The fraction of sp³-hybridized carbons (Fsp3) is 0.500. The lowest BCUT2D eigenvalue weighted by molar-refractivity contribution is -0.140. The highest BCUT2D eigenvalue weighted by molar-refractivity contribution is 7.91. The third-order valence-corrected chi connectivity index (χ3v) is 11.8. The van der Waals surface area contributed by atoms with Gasteiger partial charge >= 0.3 is 0 Å². The number of aromatic nitrogens is 3. The van der Waals surface area contributed by atoms with Crippen molar-refractivity contribution in [3.63, 3.8) is 0 Å². The third kappa shape index (κ3) is 6.90. The number of hydrogen-bond donors (Lipinski definition) is 3. The summed E-state index contributed by atoms with van der Waals surface area (Å²) in [7, 11) is -0.918. The summed E-state index contributed by atoms with van der Waals surface area (Å²) in [5.74, 6) is -1.44. The van der Waals surface area contributed by atoms with Gasteiger partial charge in [0.25, 0.3) is 11.8 Å². The first kappa shape index (κ1) is 35.6. The predicted octanol–water partition coefficient (Wildman–Crippen LogP) is 2.91. The summed E-state index contributed by atoms with van der Waals surface area (Å²) in [5.41, 5.74) is -1.53. The van der Waals surface area contributed by atoms with Gasteiger partial charge in [0.1, 0.15) is 29.5 Å². The Balaban J connectivity index is 1.30. The number of likely N-dealkylation sites (tertiary alicyclic amines) is 1. The molecule has 3 aromatic rings. The number of nitrogens with one attached hydrogen (secondary N) is 3. The number of amides is 3. The maximum absolute atomic E-state index is 14.4. The Morgan fingerprint density at radius 3 is 2.54 bits per heavy atom. The predicted molar refractivity (Wildman–Crippen MR) is 186 cm³/mol. The number of halogens is 1. The average molecular weight is 748 g/mol. The molecule has 0 bridgehead atoms. The number of methoxy groups -OCH3 is 2. The molecule has 1 saturated heterocycles. The fourth-order valence-corrected chi connectivity index (χ4v) is 8.24. The second kappa shape index (κ2) is 13.8. The van der Waals surface area contributed by atoms with Gasteiger partial charge in [-0.1, -0.05) is 31.5 Å². The number of hydrogen-bond acceptors (Lipinski definition) is 13. The average Bonchev–Trinajstić information content (AvgIpc) is 3.97. The molecule has 1 aliphatic heterocycles. The Kier molecular flexibility index (Phi) is 9.85. The van der Waals surface area contributed by atoms with E-state index < -0.39 is 62.6 Å². The minimum Gasteiger partial charge on any atom is -0.494 e. The van der Waals surface area contributed by atoms with Gasteiger partial charge in [0.05, 0.1) is 43.9 Å². The minimum atomic E-state index is -3.88. The lowest BCUT2D eigenvalue weighted by Gasteiger charge is -2.31. The zero-order chi connectivity index (χ0) is 36.0. The van der Waals surface area contributed by atoms with Crippen LogP contribution in [-0.2, 0) is 24.4 Å². The third-order valence-electron chi connectivity index (χ3n) is 9.25. The molecular formula is C32H38ClN7O8S2. The highest BCUT2D eigenvalue weighted by atomic mass is 35.5. The first-order valence-corrected chi connectivity index (χ1v) is 18.7. The highest BCUT2D eigenvalue weighted by Gasteiger charge is 2.62. The number of fused-ring (bicyclic) bond motifs is 1. The molecule has 3 aliphatic rings. The number of rotatable bonds is 14. The zero-order valence-corrected chi connectivity index (χ0v) is 30.2. The molecule has 15 nitrogen and oxygen atoms in total. The van der Waals surface area contributed by atoms with Crippen LogP contribution in [-0.4, -0.2) is 94.5 Å². The molecule has 6 rings (SSSR count). The van der Waals surface area contributed by atoms with Crippen molar-refractivity contribution < 1.29 is 37.0 Å². The molecule has 2 aliphatic carbocycles. The number of pyridine rings is 1. The second-order valence-corrected chi connectivity index (χ2v) is 15.9. The number of nitrogens with zero attached hydrogens (tertiary/aromatic N) is 4. The second-order valence-electron chi connectivity index (χ2n) is 13.0. The van der Waals surface area contributed by atoms with E-state index in [9.17, 15) is 22.8 Å². The van der Waals surface area contributed by atoms with E-state index in [4.69, 9.17) is 25.8 Å². The van der Waals surface area contributed by atoms with E-state index in [-0.39, 0.29) is 42.9 Å². The van der Waals surface area contributed by atoms with Gasteiger partial charge in [-0.15, -0.1) is 11.0 Å². The van der Waals surface area contributed by atoms with Crippen molar-refractivity contribution in [1.29, 1.82) is 0 Å². The maximum Gasteiger partial charge on any atom is 0.270 e. The van der Waals surface area contributed by atoms with E-state index in [1.807, 2.05) is 13.8 Å². The van der Waals surface area contributed by atoms with Gasteiger partial charge in [-0.2, -0.15) is 4.37 Å². The minimum absolute atomic E-state index is 0.00974. The Labute approximate surface area is 298 Å². The number of ether oxygens (including phenoxy) is 3. The summed E-state index contributed by atoms with van der Waals surface area (Å²) in [6.07, 6.45) is 3.43. The molecule has 1 unspecified atom stereocenters. The Morgan fingerprint density at radius 1 is 1.14 bits per heavy atom. The summed E-state index contributed by atoms with van der Waals surface area (Å²) >= 11 is 7.24. The normalized spacial score (nSPS) is 23.6. The van der Waals surface area contributed by atoms with Gasteiger partial charge in [-0.05, 0) is 43.4 Å². The molecule has 5 atom stereocenters. The van der Waals surface area contributed by atoms with E-state index in [1.54, 1.807) is 18.2 Å². The smallest absolute Gasteiger partial charge is 0.270 e. The van der Waals surface area contributed by atoms with Crippen LogP contribution in [0.1, 0.15) is 39.5 Å². The van der Waals surface area contributed by atoms with E-state index in [2.05, 4.69) is 35.7 Å². The number of anilines is 1. The van der Waals surface area contributed by atoms with E-state index in [0.29, 0.717) is 34.4 Å². The maximum atomic E-state index is 14.4. The quantitative estimate of drug-likeness (QED) is 0.205. The van der Waals surface area contributed by atoms with Gasteiger partial charge in [-0.3, -0.25) is 19.1 Å². The highest BCUT2D eigenvalue weighted by Crippen LogP contribution is 2.45. The molecule has 2 aromatic heterocycles. The molecular weight excluding hydrogens is 710 g/mol. The SMILES string of the molecule is C=C[C@@H]1C[C@]1(NC(=O)[C@@H]1C[C@@H](Oc2ncc(OC)c3ccc(Cl)cc23)CN1C(=O)C(Nc1nsnc1OC)C(C)C)C(=O)NS(=O)(=O)C1CC1. The largest absolute Gasteiger partial charge is 0.494 e. The van der Waals surface area contributed by atoms with Crippen molar-refractivity contribution in [2.45, 2.75) is 68.5 Å². The molecule has 268 valence electrons. The lowest BCUT2D eigenvalue weighted by Crippen LogP contribution is -2.58. The van der Waals surface area contributed by atoms with Crippen LogP contribution in [0.15, 0.2) is 37.1 Å². The van der Waals surface area contributed by atoms with Gasteiger partial charge in [-0.25, -0.2) is 13.4 Å².